The van der Waals surface area contributed by atoms with E-state index in [0.717, 1.165) is 37.6 Å². The largest absolute Gasteiger partial charge is 0.396 e. The van der Waals surface area contributed by atoms with Crippen molar-refractivity contribution in [3.05, 3.63) is 18.2 Å². The number of aliphatic hydroxyl groups is 1. The lowest BCUT2D eigenvalue weighted by Crippen LogP contribution is -2.17. The predicted molar refractivity (Wildman–Crippen MR) is 74.9 cm³/mol. The molecule has 0 aliphatic heterocycles. The van der Waals surface area contributed by atoms with E-state index in [-0.39, 0.29) is 6.61 Å². The minimum Gasteiger partial charge on any atom is -0.396 e. The molecular formula is C14H23N3O. The quantitative estimate of drug-likeness (QED) is 0.662. The number of aliphatic hydroxyl groups excluding tert-OH is 1. The Balaban J connectivity index is 1.85. The molecule has 1 aliphatic carbocycles. The third-order valence-corrected chi connectivity index (χ3v) is 3.55. The lowest BCUT2D eigenvalue weighted by molar-refractivity contribution is 0.253. The highest BCUT2D eigenvalue weighted by Gasteiger charge is 2.41. The van der Waals surface area contributed by atoms with Crippen LogP contribution in [0, 0.1) is 5.41 Å². The van der Waals surface area contributed by atoms with E-state index in [0.29, 0.717) is 5.41 Å². The van der Waals surface area contributed by atoms with Gasteiger partial charge in [-0.1, -0.05) is 13.0 Å². The Hall–Kier alpha value is -1.29. The highest BCUT2D eigenvalue weighted by atomic mass is 16.3. The van der Waals surface area contributed by atoms with Crippen molar-refractivity contribution in [2.75, 3.05) is 30.3 Å². The molecule has 3 N–H and O–H groups in total. The number of hydrogen-bond donors (Lipinski definition) is 3. The number of nitrogens with one attached hydrogen (secondary N) is 2. The molecule has 0 spiro atoms. The lowest BCUT2D eigenvalue weighted by atomic mass is 10.0. The van der Waals surface area contributed by atoms with Crippen molar-refractivity contribution in [3.8, 4) is 0 Å². The maximum atomic E-state index is 9.03. The first-order valence-electron chi connectivity index (χ1n) is 6.84. The van der Waals surface area contributed by atoms with E-state index < -0.39 is 0 Å². The van der Waals surface area contributed by atoms with Crippen molar-refractivity contribution in [1.29, 1.82) is 0 Å². The molecule has 0 saturated heterocycles. The maximum Gasteiger partial charge on any atom is 0.128 e. The Morgan fingerprint density at radius 1 is 1.28 bits per heavy atom. The van der Waals surface area contributed by atoms with E-state index in [4.69, 9.17) is 5.11 Å². The molecule has 18 heavy (non-hydrogen) atoms. The summed E-state index contributed by atoms with van der Waals surface area (Å²) in [5, 5.41) is 15.7. The van der Waals surface area contributed by atoms with Crippen LogP contribution in [0.4, 0.5) is 11.6 Å². The fraction of sp³-hybridized carbons (Fsp3) is 0.643. The fourth-order valence-electron chi connectivity index (χ4n) is 2.09. The average molecular weight is 249 g/mol. The second-order valence-corrected chi connectivity index (χ2v) is 5.16. The second kappa shape index (κ2) is 6.05. The van der Waals surface area contributed by atoms with Crippen LogP contribution in [0.3, 0.4) is 0 Å². The number of pyridine rings is 1. The number of rotatable bonds is 8. The zero-order valence-electron chi connectivity index (χ0n) is 11.1. The third kappa shape index (κ3) is 3.60. The van der Waals surface area contributed by atoms with Crippen LogP contribution in [0.1, 0.15) is 32.6 Å². The first kappa shape index (κ1) is 13.1. The highest BCUT2D eigenvalue weighted by Crippen LogP contribution is 2.48. The Bertz CT molecular complexity index is 377. The minimum absolute atomic E-state index is 0.285. The molecule has 1 saturated carbocycles. The van der Waals surface area contributed by atoms with Gasteiger partial charge < -0.3 is 15.7 Å². The number of hydrogen-bond acceptors (Lipinski definition) is 4. The molecule has 4 nitrogen and oxygen atoms in total. The summed E-state index contributed by atoms with van der Waals surface area (Å²) in [6.07, 6.45) is 4.43. The van der Waals surface area contributed by atoms with Crippen LogP contribution in [0.15, 0.2) is 18.2 Å². The molecule has 2 rings (SSSR count). The molecule has 1 fully saturated rings. The van der Waals surface area contributed by atoms with Gasteiger partial charge in [-0.2, -0.15) is 0 Å². The van der Waals surface area contributed by atoms with Crippen LogP contribution < -0.4 is 10.6 Å². The minimum atomic E-state index is 0.285. The molecule has 0 radical (unpaired) electrons. The average Bonchev–Trinajstić information content (AvgIpc) is 3.15. The SMILES string of the molecule is CCCNc1cccc(NCC2(CCO)CC2)n1. The molecule has 1 aliphatic rings. The Morgan fingerprint density at radius 2 is 2.00 bits per heavy atom. The van der Waals surface area contributed by atoms with Crippen LogP contribution in [-0.2, 0) is 0 Å². The van der Waals surface area contributed by atoms with E-state index in [1.807, 2.05) is 18.2 Å². The molecular weight excluding hydrogens is 226 g/mol. The molecule has 4 heteroatoms. The van der Waals surface area contributed by atoms with Crippen molar-refractivity contribution >= 4 is 11.6 Å². The fourth-order valence-corrected chi connectivity index (χ4v) is 2.09. The maximum absolute atomic E-state index is 9.03. The van der Waals surface area contributed by atoms with Gasteiger partial charge in [-0.15, -0.1) is 0 Å². The number of aromatic nitrogens is 1. The van der Waals surface area contributed by atoms with Gasteiger partial charge in [0.1, 0.15) is 11.6 Å². The molecule has 100 valence electrons. The Morgan fingerprint density at radius 3 is 2.61 bits per heavy atom. The first-order chi connectivity index (χ1) is 8.78. The predicted octanol–water partition coefficient (Wildman–Crippen LogP) is 2.48. The summed E-state index contributed by atoms with van der Waals surface area (Å²) >= 11 is 0. The smallest absolute Gasteiger partial charge is 0.128 e. The molecule has 0 bridgehead atoms. The third-order valence-electron chi connectivity index (χ3n) is 3.55. The van der Waals surface area contributed by atoms with Crippen molar-refractivity contribution in [3.63, 3.8) is 0 Å². The molecule has 1 aromatic heterocycles. The van der Waals surface area contributed by atoms with Gasteiger partial charge in [0.25, 0.3) is 0 Å². The van der Waals surface area contributed by atoms with Gasteiger partial charge in [0.15, 0.2) is 0 Å². The normalized spacial score (nSPS) is 16.3. The van der Waals surface area contributed by atoms with Crippen LogP contribution in [-0.4, -0.2) is 29.8 Å². The summed E-state index contributed by atoms with van der Waals surface area (Å²) < 4.78 is 0. The summed E-state index contributed by atoms with van der Waals surface area (Å²) in [6.45, 7) is 4.29. The topological polar surface area (TPSA) is 57.2 Å². The van der Waals surface area contributed by atoms with Gasteiger partial charge in [-0.05, 0) is 43.2 Å². The lowest BCUT2D eigenvalue weighted by Gasteiger charge is -2.15. The molecule has 0 unspecified atom stereocenters. The van der Waals surface area contributed by atoms with Crippen LogP contribution >= 0.6 is 0 Å². The Kier molecular flexibility index (Phi) is 4.42. The molecule has 0 atom stereocenters. The zero-order valence-corrected chi connectivity index (χ0v) is 11.1. The van der Waals surface area contributed by atoms with Gasteiger partial charge >= 0.3 is 0 Å². The Labute approximate surface area is 109 Å². The van der Waals surface area contributed by atoms with E-state index in [1.165, 1.54) is 12.8 Å². The van der Waals surface area contributed by atoms with Crippen molar-refractivity contribution in [2.24, 2.45) is 5.41 Å². The first-order valence-corrected chi connectivity index (χ1v) is 6.84. The summed E-state index contributed by atoms with van der Waals surface area (Å²) in [5.74, 6) is 1.84. The van der Waals surface area contributed by atoms with E-state index in [2.05, 4.69) is 22.5 Å². The van der Waals surface area contributed by atoms with Crippen molar-refractivity contribution in [2.45, 2.75) is 32.6 Å². The zero-order chi connectivity index (χ0) is 12.8. The molecule has 1 heterocycles. The van der Waals surface area contributed by atoms with Crippen molar-refractivity contribution in [1.82, 2.24) is 4.98 Å². The van der Waals surface area contributed by atoms with Crippen LogP contribution in [0.2, 0.25) is 0 Å². The van der Waals surface area contributed by atoms with Crippen LogP contribution in [0.5, 0.6) is 0 Å². The monoisotopic (exact) mass is 249 g/mol. The van der Waals surface area contributed by atoms with Gasteiger partial charge in [-0.25, -0.2) is 4.98 Å². The van der Waals surface area contributed by atoms with Gasteiger partial charge in [0, 0.05) is 19.7 Å². The summed E-state index contributed by atoms with van der Waals surface area (Å²) in [5.41, 5.74) is 0.323. The standard InChI is InChI=1S/C14H23N3O/c1-2-9-15-12-4-3-5-13(17-12)16-11-14(6-7-14)8-10-18/h3-5,18H,2,6-11H2,1H3,(H2,15,16,17). The van der Waals surface area contributed by atoms with E-state index in [1.54, 1.807) is 0 Å². The van der Waals surface area contributed by atoms with E-state index >= 15 is 0 Å². The van der Waals surface area contributed by atoms with Crippen LogP contribution in [0.25, 0.3) is 0 Å². The summed E-state index contributed by atoms with van der Waals surface area (Å²) in [6, 6.07) is 5.99. The number of anilines is 2. The van der Waals surface area contributed by atoms with Gasteiger partial charge in [0.05, 0.1) is 0 Å². The molecule has 1 aromatic rings. The molecule has 0 aromatic carbocycles. The van der Waals surface area contributed by atoms with E-state index in [9.17, 15) is 0 Å². The van der Waals surface area contributed by atoms with Gasteiger partial charge in [0.2, 0.25) is 0 Å². The summed E-state index contributed by atoms with van der Waals surface area (Å²) in [7, 11) is 0. The van der Waals surface area contributed by atoms with Gasteiger partial charge in [-0.3, -0.25) is 0 Å². The second-order valence-electron chi connectivity index (χ2n) is 5.16. The molecule has 0 amide bonds. The summed E-state index contributed by atoms with van der Waals surface area (Å²) in [4.78, 5) is 4.52. The highest BCUT2D eigenvalue weighted by molar-refractivity contribution is 5.45. The number of nitrogens with zero attached hydrogens (tertiary/aromatic N) is 1. The van der Waals surface area contributed by atoms with Crippen molar-refractivity contribution < 1.29 is 5.11 Å².